The van der Waals surface area contributed by atoms with Gasteiger partial charge in [-0.25, -0.2) is 9.38 Å². The zero-order valence-corrected chi connectivity index (χ0v) is 16.6. The number of rotatable bonds is 3. The lowest BCUT2D eigenvalue weighted by Crippen LogP contribution is -2.44. The highest BCUT2D eigenvalue weighted by Crippen LogP contribution is 2.34. The van der Waals surface area contributed by atoms with Gasteiger partial charge >= 0.3 is 0 Å². The minimum absolute atomic E-state index is 0.0788. The summed E-state index contributed by atoms with van der Waals surface area (Å²) in [4.78, 5) is 24.5. The number of hydrogen-bond donors (Lipinski definition) is 1. The van der Waals surface area contributed by atoms with E-state index in [-0.39, 0.29) is 17.6 Å². The first-order valence-electron chi connectivity index (χ1n) is 10.1. The average Bonchev–Trinajstić information content (AvgIpc) is 2.85. The molecule has 5 nitrogen and oxygen atoms in total. The Morgan fingerprint density at radius 2 is 1.69 bits per heavy atom. The summed E-state index contributed by atoms with van der Waals surface area (Å²) in [7, 11) is 0. The fraction of sp³-hybridized carbons (Fsp3) is 0.348. The number of carbonyl (C=O) groups excluding carboxylic acids is 1. The molecule has 2 aromatic rings. The summed E-state index contributed by atoms with van der Waals surface area (Å²) < 4.78 is 13.5. The third kappa shape index (κ3) is 4.59. The van der Waals surface area contributed by atoms with Gasteiger partial charge in [0, 0.05) is 5.71 Å². The number of hydrogen-bond acceptors (Lipinski definition) is 4. The number of benzene rings is 2. The van der Waals surface area contributed by atoms with Crippen LogP contribution in [0.4, 0.5) is 15.8 Å². The lowest BCUT2D eigenvalue weighted by atomic mass is 9.93. The second kappa shape index (κ2) is 8.66. The molecule has 0 aromatic heterocycles. The molecule has 2 aliphatic heterocycles. The molecule has 0 aliphatic carbocycles. The van der Waals surface area contributed by atoms with Gasteiger partial charge in [0.25, 0.3) is 0 Å². The number of carbonyl (C=O) groups is 1. The summed E-state index contributed by atoms with van der Waals surface area (Å²) in [5.41, 5.74) is 3.12. The minimum Gasteiger partial charge on any atom is -0.312 e. The van der Waals surface area contributed by atoms with E-state index in [1.807, 2.05) is 31.2 Å². The van der Waals surface area contributed by atoms with Crippen molar-refractivity contribution in [1.82, 2.24) is 10.2 Å². The first kappa shape index (κ1) is 19.5. The number of piperidine rings is 1. The lowest BCUT2D eigenvalue weighted by molar-refractivity contribution is -0.121. The first-order chi connectivity index (χ1) is 14.1. The summed E-state index contributed by atoms with van der Waals surface area (Å²) in [6.45, 7) is 4.17. The number of halogens is 1. The van der Waals surface area contributed by atoms with Crippen molar-refractivity contribution in [2.45, 2.75) is 32.1 Å². The molecule has 6 heteroatoms. The molecule has 0 unspecified atom stereocenters. The van der Waals surface area contributed by atoms with Gasteiger partial charge in [0.15, 0.2) is 0 Å². The topological polar surface area (TPSA) is 57.1 Å². The molecular weight excluding hydrogens is 367 g/mol. The molecule has 2 heterocycles. The number of likely N-dealkylation sites (tertiary alicyclic amines) is 1. The number of nitrogens with one attached hydrogen (secondary N) is 1. The highest BCUT2D eigenvalue weighted by atomic mass is 19.1. The van der Waals surface area contributed by atoms with Crippen molar-refractivity contribution in [3.05, 3.63) is 59.9 Å². The quantitative estimate of drug-likeness (QED) is 0.844. The monoisotopic (exact) mass is 392 g/mol. The van der Waals surface area contributed by atoms with Crippen molar-refractivity contribution >= 4 is 28.8 Å². The number of nitrogens with zero attached hydrogens (tertiary/aromatic N) is 3. The van der Waals surface area contributed by atoms with Crippen LogP contribution in [0.2, 0.25) is 0 Å². The van der Waals surface area contributed by atoms with Crippen molar-refractivity contribution in [2.75, 3.05) is 19.6 Å². The summed E-state index contributed by atoms with van der Waals surface area (Å²) in [6.07, 6.45) is 3.49. The third-order valence-corrected chi connectivity index (χ3v) is 5.40. The van der Waals surface area contributed by atoms with E-state index in [4.69, 9.17) is 9.98 Å². The highest BCUT2D eigenvalue weighted by molar-refractivity contribution is 6.17. The molecule has 150 valence electrons. The van der Waals surface area contributed by atoms with Gasteiger partial charge in [0.05, 0.1) is 23.8 Å². The van der Waals surface area contributed by atoms with Crippen LogP contribution in [0, 0.1) is 5.82 Å². The maximum absolute atomic E-state index is 13.5. The molecule has 0 bridgehead atoms. The predicted octanol–water partition coefficient (Wildman–Crippen LogP) is 4.35. The number of para-hydroxylation sites is 2. The number of amides is 1. The smallest absolute Gasteiger partial charge is 0.239 e. The molecule has 1 atom stereocenters. The molecule has 4 rings (SSSR count). The molecule has 0 spiro atoms. The van der Waals surface area contributed by atoms with Gasteiger partial charge in [0.2, 0.25) is 5.91 Å². The molecule has 2 aliphatic rings. The molecule has 1 saturated heterocycles. The molecule has 0 saturated carbocycles. The largest absolute Gasteiger partial charge is 0.312 e. The van der Waals surface area contributed by atoms with Crippen LogP contribution in [0.1, 0.15) is 37.7 Å². The standard InChI is InChI=1S/C23H25FN4O/c1-16-22(17-9-11-18(24)12-10-17)23(26-20-8-4-3-7-19(20)25-16)27-21(29)15-28-13-5-2-6-14-28/h3-4,7-12,22H,2,5-6,13-15H2,1H3,(H,26,27,29)/t22-/m1/s1. The van der Waals surface area contributed by atoms with E-state index < -0.39 is 0 Å². The van der Waals surface area contributed by atoms with Crippen molar-refractivity contribution in [2.24, 2.45) is 9.98 Å². The molecule has 0 radical (unpaired) electrons. The summed E-state index contributed by atoms with van der Waals surface area (Å²) in [6, 6.07) is 13.9. The molecule has 1 N–H and O–H groups in total. The molecular formula is C23H25FN4O. The fourth-order valence-electron chi connectivity index (χ4n) is 3.96. The Kier molecular flexibility index (Phi) is 5.81. The first-order valence-corrected chi connectivity index (χ1v) is 10.1. The normalized spacial score (nSPS) is 19.6. The number of amidine groups is 1. The van der Waals surface area contributed by atoms with Gasteiger partial charge in [-0.2, -0.15) is 0 Å². The van der Waals surface area contributed by atoms with E-state index in [1.54, 1.807) is 12.1 Å². The minimum atomic E-state index is -0.340. The Balaban J connectivity index is 1.66. The number of aliphatic imine (C=N–C) groups is 2. The van der Waals surface area contributed by atoms with Crippen LogP contribution in [0.3, 0.4) is 0 Å². The van der Waals surface area contributed by atoms with Crippen LogP contribution in [0.5, 0.6) is 0 Å². The second-order valence-corrected chi connectivity index (χ2v) is 7.61. The number of fused-ring (bicyclic) bond motifs is 1. The van der Waals surface area contributed by atoms with E-state index in [2.05, 4.69) is 10.2 Å². The van der Waals surface area contributed by atoms with Crippen LogP contribution in [0.15, 0.2) is 58.5 Å². The highest BCUT2D eigenvalue weighted by Gasteiger charge is 2.27. The maximum atomic E-state index is 13.5. The van der Waals surface area contributed by atoms with Gasteiger partial charge in [-0.1, -0.05) is 30.7 Å². The predicted molar refractivity (Wildman–Crippen MR) is 114 cm³/mol. The van der Waals surface area contributed by atoms with Crippen LogP contribution in [-0.2, 0) is 4.79 Å². The average molecular weight is 392 g/mol. The Bertz CT molecular complexity index is 946. The van der Waals surface area contributed by atoms with Crippen LogP contribution < -0.4 is 5.32 Å². The van der Waals surface area contributed by atoms with Gasteiger partial charge in [-0.3, -0.25) is 14.7 Å². The third-order valence-electron chi connectivity index (χ3n) is 5.40. The van der Waals surface area contributed by atoms with Gasteiger partial charge < -0.3 is 5.32 Å². The van der Waals surface area contributed by atoms with E-state index in [9.17, 15) is 9.18 Å². The summed E-state index contributed by atoms with van der Waals surface area (Å²) in [5.74, 6) is -0.184. The molecule has 29 heavy (non-hydrogen) atoms. The van der Waals surface area contributed by atoms with Gasteiger partial charge in [-0.15, -0.1) is 0 Å². The Hall–Kier alpha value is -2.86. The Labute approximate surface area is 170 Å². The van der Waals surface area contributed by atoms with Crippen molar-refractivity contribution in [3.63, 3.8) is 0 Å². The van der Waals surface area contributed by atoms with E-state index in [0.717, 1.165) is 42.9 Å². The second-order valence-electron chi connectivity index (χ2n) is 7.61. The fourth-order valence-corrected chi connectivity index (χ4v) is 3.96. The van der Waals surface area contributed by atoms with Crippen LogP contribution in [-0.4, -0.2) is 42.0 Å². The van der Waals surface area contributed by atoms with E-state index >= 15 is 0 Å². The molecule has 2 aromatic carbocycles. The van der Waals surface area contributed by atoms with Crippen molar-refractivity contribution < 1.29 is 9.18 Å². The van der Waals surface area contributed by atoms with E-state index in [1.165, 1.54) is 18.6 Å². The van der Waals surface area contributed by atoms with Crippen LogP contribution in [0.25, 0.3) is 0 Å². The lowest BCUT2D eigenvalue weighted by Gasteiger charge is -2.26. The van der Waals surface area contributed by atoms with Gasteiger partial charge in [-0.05, 0) is 62.7 Å². The Morgan fingerprint density at radius 1 is 1.03 bits per heavy atom. The zero-order chi connectivity index (χ0) is 20.2. The SMILES string of the molecule is CC1=Nc2ccccc2N=C(NC(=O)CN2CCCCC2)[C@H]1c1ccc(F)cc1. The van der Waals surface area contributed by atoms with Crippen molar-refractivity contribution in [1.29, 1.82) is 0 Å². The van der Waals surface area contributed by atoms with Crippen molar-refractivity contribution in [3.8, 4) is 0 Å². The zero-order valence-electron chi connectivity index (χ0n) is 16.6. The van der Waals surface area contributed by atoms with Crippen LogP contribution >= 0.6 is 0 Å². The molecule has 1 fully saturated rings. The molecule has 1 amide bonds. The van der Waals surface area contributed by atoms with Gasteiger partial charge in [0.1, 0.15) is 11.7 Å². The summed E-state index contributed by atoms with van der Waals surface area (Å²) >= 11 is 0. The summed E-state index contributed by atoms with van der Waals surface area (Å²) in [5, 5.41) is 3.04. The Morgan fingerprint density at radius 3 is 2.38 bits per heavy atom. The maximum Gasteiger partial charge on any atom is 0.239 e. The van der Waals surface area contributed by atoms with E-state index in [0.29, 0.717) is 18.1 Å².